The maximum absolute atomic E-state index is 9.14. The van der Waals surface area contributed by atoms with Crippen molar-refractivity contribution in [2.75, 3.05) is 5.73 Å². The van der Waals surface area contributed by atoms with E-state index < -0.39 is 0 Å². The first-order valence-corrected chi connectivity index (χ1v) is 4.86. The van der Waals surface area contributed by atoms with Crippen molar-refractivity contribution in [2.45, 2.75) is 6.42 Å². The van der Waals surface area contributed by atoms with Crippen molar-refractivity contribution in [1.82, 2.24) is 0 Å². The van der Waals surface area contributed by atoms with Crippen LogP contribution >= 0.6 is 0 Å². The van der Waals surface area contributed by atoms with Crippen LogP contribution in [0.2, 0.25) is 0 Å². The van der Waals surface area contributed by atoms with Crippen molar-refractivity contribution >= 4 is 5.69 Å². The van der Waals surface area contributed by atoms with E-state index in [0.29, 0.717) is 5.75 Å². The first-order valence-electron chi connectivity index (χ1n) is 4.86. The number of aromatic hydroxyl groups is 1. The molecule has 76 valence electrons. The molecule has 0 saturated heterocycles. The summed E-state index contributed by atoms with van der Waals surface area (Å²) in [5.74, 6) is 0.302. The Hall–Kier alpha value is -1.96. The van der Waals surface area contributed by atoms with Gasteiger partial charge in [0.25, 0.3) is 0 Å². The molecule has 0 amide bonds. The van der Waals surface area contributed by atoms with Crippen LogP contribution in [0.1, 0.15) is 11.1 Å². The minimum atomic E-state index is 0.302. The quantitative estimate of drug-likeness (QED) is 0.730. The van der Waals surface area contributed by atoms with Crippen molar-refractivity contribution in [3.05, 3.63) is 59.7 Å². The number of phenolic OH excluding ortho intramolecular Hbond substituents is 1. The standard InChI is InChI=1S/C13H13NO/c14-12-5-1-10(2-6-12)9-11-3-7-13(15)8-4-11/h1-8,15H,9,14H2. The van der Waals surface area contributed by atoms with Gasteiger partial charge in [-0.15, -0.1) is 0 Å². The molecular weight excluding hydrogens is 186 g/mol. The maximum atomic E-state index is 9.14. The molecule has 0 aliphatic heterocycles. The monoisotopic (exact) mass is 199 g/mol. The topological polar surface area (TPSA) is 46.2 Å². The normalized spacial score (nSPS) is 10.1. The Morgan fingerprint density at radius 2 is 1.27 bits per heavy atom. The second-order valence-corrected chi connectivity index (χ2v) is 3.58. The number of nitrogens with two attached hydrogens (primary N) is 1. The van der Waals surface area contributed by atoms with Gasteiger partial charge in [-0.1, -0.05) is 24.3 Å². The van der Waals surface area contributed by atoms with Gasteiger partial charge >= 0.3 is 0 Å². The van der Waals surface area contributed by atoms with E-state index in [4.69, 9.17) is 10.8 Å². The Labute approximate surface area is 89.0 Å². The number of benzene rings is 2. The number of hydrogen-bond donors (Lipinski definition) is 2. The Balaban J connectivity index is 2.15. The highest BCUT2D eigenvalue weighted by Gasteiger charge is 1.96. The molecule has 0 heterocycles. The van der Waals surface area contributed by atoms with Crippen LogP contribution < -0.4 is 5.73 Å². The van der Waals surface area contributed by atoms with Gasteiger partial charge in [0, 0.05) is 5.69 Å². The van der Waals surface area contributed by atoms with Gasteiger partial charge in [0.05, 0.1) is 0 Å². The molecule has 2 aromatic rings. The third-order valence-corrected chi connectivity index (χ3v) is 2.32. The van der Waals surface area contributed by atoms with Crippen LogP contribution in [0.3, 0.4) is 0 Å². The summed E-state index contributed by atoms with van der Waals surface area (Å²) in [6.45, 7) is 0. The highest BCUT2D eigenvalue weighted by atomic mass is 16.3. The lowest BCUT2D eigenvalue weighted by atomic mass is 10.0. The smallest absolute Gasteiger partial charge is 0.115 e. The minimum Gasteiger partial charge on any atom is -0.508 e. The van der Waals surface area contributed by atoms with Gasteiger partial charge < -0.3 is 10.8 Å². The molecule has 0 unspecified atom stereocenters. The predicted octanol–water partition coefficient (Wildman–Crippen LogP) is 2.57. The van der Waals surface area contributed by atoms with E-state index in [2.05, 4.69) is 0 Å². The molecule has 0 atom stereocenters. The van der Waals surface area contributed by atoms with Crippen molar-refractivity contribution in [2.24, 2.45) is 0 Å². The predicted molar refractivity (Wildman–Crippen MR) is 61.8 cm³/mol. The largest absolute Gasteiger partial charge is 0.508 e. The Morgan fingerprint density at radius 1 is 0.800 bits per heavy atom. The second-order valence-electron chi connectivity index (χ2n) is 3.58. The minimum absolute atomic E-state index is 0.302. The molecule has 2 aromatic carbocycles. The maximum Gasteiger partial charge on any atom is 0.115 e. The van der Waals surface area contributed by atoms with Crippen molar-refractivity contribution < 1.29 is 5.11 Å². The zero-order chi connectivity index (χ0) is 10.7. The molecule has 0 bridgehead atoms. The van der Waals surface area contributed by atoms with Gasteiger partial charge in [-0.05, 0) is 41.8 Å². The van der Waals surface area contributed by atoms with Crippen LogP contribution in [0.15, 0.2) is 48.5 Å². The molecule has 3 N–H and O–H groups in total. The first-order chi connectivity index (χ1) is 7.24. The molecule has 0 saturated carbocycles. The SMILES string of the molecule is Nc1ccc(Cc2ccc(O)cc2)cc1. The summed E-state index contributed by atoms with van der Waals surface area (Å²) in [7, 11) is 0. The molecule has 0 aliphatic rings. The fourth-order valence-electron chi connectivity index (χ4n) is 1.48. The van der Waals surface area contributed by atoms with Crippen molar-refractivity contribution in [3.8, 4) is 5.75 Å². The average Bonchev–Trinajstić information content (AvgIpc) is 2.25. The van der Waals surface area contributed by atoms with Gasteiger partial charge in [-0.2, -0.15) is 0 Å². The summed E-state index contributed by atoms with van der Waals surface area (Å²) in [6.07, 6.45) is 0.862. The molecule has 0 radical (unpaired) electrons. The molecule has 0 aromatic heterocycles. The number of rotatable bonds is 2. The molecule has 15 heavy (non-hydrogen) atoms. The van der Waals surface area contributed by atoms with E-state index in [0.717, 1.165) is 12.1 Å². The van der Waals surface area contributed by atoms with E-state index in [-0.39, 0.29) is 0 Å². The molecule has 0 aliphatic carbocycles. The summed E-state index contributed by atoms with van der Waals surface area (Å²) >= 11 is 0. The molecule has 2 heteroatoms. The Kier molecular flexibility index (Phi) is 2.59. The van der Waals surface area contributed by atoms with Crippen molar-refractivity contribution in [3.63, 3.8) is 0 Å². The zero-order valence-electron chi connectivity index (χ0n) is 8.35. The average molecular weight is 199 g/mol. The highest BCUT2D eigenvalue weighted by Crippen LogP contribution is 2.14. The lowest BCUT2D eigenvalue weighted by molar-refractivity contribution is 0.475. The summed E-state index contributed by atoms with van der Waals surface area (Å²) in [6, 6.07) is 15.1. The van der Waals surface area contributed by atoms with Gasteiger partial charge in [0.2, 0.25) is 0 Å². The van der Waals surface area contributed by atoms with Crippen LogP contribution in [-0.4, -0.2) is 5.11 Å². The highest BCUT2D eigenvalue weighted by molar-refractivity contribution is 5.40. The molecule has 0 spiro atoms. The van der Waals surface area contributed by atoms with Crippen LogP contribution in [0.25, 0.3) is 0 Å². The first kappa shape index (κ1) is 9.59. The fourth-order valence-corrected chi connectivity index (χ4v) is 1.48. The van der Waals surface area contributed by atoms with Crippen LogP contribution in [0.5, 0.6) is 5.75 Å². The Morgan fingerprint density at radius 3 is 1.80 bits per heavy atom. The van der Waals surface area contributed by atoms with Crippen LogP contribution in [0.4, 0.5) is 5.69 Å². The van der Waals surface area contributed by atoms with E-state index in [1.807, 2.05) is 36.4 Å². The number of phenols is 1. The number of hydrogen-bond acceptors (Lipinski definition) is 2. The third-order valence-electron chi connectivity index (χ3n) is 2.32. The lowest BCUT2D eigenvalue weighted by Gasteiger charge is -2.02. The second kappa shape index (κ2) is 4.05. The van der Waals surface area contributed by atoms with E-state index >= 15 is 0 Å². The Bertz CT molecular complexity index is 388. The van der Waals surface area contributed by atoms with Gasteiger partial charge in [-0.25, -0.2) is 0 Å². The van der Waals surface area contributed by atoms with Crippen molar-refractivity contribution in [1.29, 1.82) is 0 Å². The van der Waals surface area contributed by atoms with E-state index in [1.54, 1.807) is 12.1 Å². The fraction of sp³-hybridized carbons (Fsp3) is 0.0769. The zero-order valence-corrected chi connectivity index (χ0v) is 8.35. The van der Waals surface area contributed by atoms with Gasteiger partial charge in [0.15, 0.2) is 0 Å². The molecule has 2 rings (SSSR count). The van der Waals surface area contributed by atoms with Gasteiger partial charge in [-0.3, -0.25) is 0 Å². The number of nitrogen functional groups attached to an aromatic ring is 1. The van der Waals surface area contributed by atoms with Crippen LogP contribution in [-0.2, 0) is 6.42 Å². The van der Waals surface area contributed by atoms with Crippen LogP contribution in [0, 0.1) is 0 Å². The summed E-state index contributed by atoms with van der Waals surface area (Å²) in [5, 5.41) is 9.14. The van der Waals surface area contributed by atoms with Gasteiger partial charge in [0.1, 0.15) is 5.75 Å². The van der Waals surface area contributed by atoms with E-state index in [1.165, 1.54) is 11.1 Å². The number of anilines is 1. The summed E-state index contributed by atoms with van der Waals surface area (Å²) in [4.78, 5) is 0. The third kappa shape index (κ3) is 2.50. The lowest BCUT2D eigenvalue weighted by Crippen LogP contribution is -1.89. The molecular formula is C13H13NO. The van der Waals surface area contributed by atoms with E-state index in [9.17, 15) is 0 Å². The summed E-state index contributed by atoms with van der Waals surface area (Å²) in [5.41, 5.74) is 8.78. The summed E-state index contributed by atoms with van der Waals surface area (Å²) < 4.78 is 0. The molecule has 0 fully saturated rings. The molecule has 2 nitrogen and oxygen atoms in total.